The first-order chi connectivity index (χ1) is 14.1. The number of nitrogens with zero attached hydrogens (tertiary/aromatic N) is 3. The lowest BCUT2D eigenvalue weighted by molar-refractivity contribution is -0.119. The topological polar surface area (TPSA) is 121 Å². The largest absolute Gasteiger partial charge is 0.444 e. The Morgan fingerprint density at radius 2 is 1.90 bits per heavy atom. The van der Waals surface area contributed by atoms with E-state index in [1.54, 1.807) is 20.8 Å². The second-order valence-electron chi connectivity index (χ2n) is 8.13. The van der Waals surface area contributed by atoms with Gasteiger partial charge in [-0.1, -0.05) is 18.2 Å². The van der Waals surface area contributed by atoms with Crippen LogP contribution in [-0.2, 0) is 9.53 Å². The molecule has 2 aromatic rings. The third-order valence-electron chi connectivity index (χ3n) is 4.39. The van der Waals surface area contributed by atoms with Gasteiger partial charge in [-0.2, -0.15) is 5.26 Å². The maximum atomic E-state index is 11.0. The molecule has 1 fully saturated rings. The van der Waals surface area contributed by atoms with Gasteiger partial charge >= 0.3 is 6.09 Å². The summed E-state index contributed by atoms with van der Waals surface area (Å²) in [6, 6.07) is 11.4. The Balaban J connectivity index is 0.000000224. The summed E-state index contributed by atoms with van der Waals surface area (Å²) in [6.07, 6.45) is 1.75. The lowest BCUT2D eigenvalue weighted by Gasteiger charge is -2.20. The van der Waals surface area contributed by atoms with Crippen LogP contribution in [0.5, 0.6) is 0 Å². The number of primary amides is 1. The van der Waals surface area contributed by atoms with Crippen molar-refractivity contribution in [1.82, 2.24) is 10.3 Å². The van der Waals surface area contributed by atoms with Crippen molar-refractivity contribution in [2.45, 2.75) is 52.2 Å². The van der Waals surface area contributed by atoms with E-state index in [-0.39, 0.29) is 0 Å². The first kappa shape index (κ1) is 22.9. The van der Waals surface area contributed by atoms with E-state index in [4.69, 9.17) is 10.5 Å². The molecular formula is C22H29N5O3. The number of rotatable bonds is 3. The number of nitriles is 1. The number of carbonyl (C=O) groups excluding carboxylic acids is 2. The Labute approximate surface area is 177 Å². The second kappa shape index (κ2) is 9.92. The Morgan fingerprint density at radius 1 is 1.27 bits per heavy atom. The third-order valence-corrected chi connectivity index (χ3v) is 4.39. The number of ether oxygens (including phenoxy) is 1. The molecule has 8 nitrogen and oxygen atoms in total. The molecular weight excluding hydrogens is 382 g/mol. The Kier molecular flexibility index (Phi) is 7.59. The standard InChI is InChI=1S/C14H13N3.C8H16N2O3/c15-10-12-9-11-5-1-2-6-13(11)16-14(12)17-7-3-4-8-17;1-5(6(9)11)10-7(12)13-8(2,3)4/h1-2,5-6,9H,3-4,7-8H2;5H,1-4H3,(H2,9,11)(H,10,12). The molecule has 0 bridgehead atoms. The van der Waals surface area contributed by atoms with E-state index in [1.165, 1.54) is 19.8 Å². The second-order valence-corrected chi connectivity index (χ2v) is 8.13. The van der Waals surface area contributed by atoms with Crippen molar-refractivity contribution in [3.63, 3.8) is 0 Å². The van der Waals surface area contributed by atoms with Crippen LogP contribution < -0.4 is 16.0 Å². The molecule has 0 spiro atoms. The summed E-state index contributed by atoms with van der Waals surface area (Å²) in [5.74, 6) is 0.259. The van der Waals surface area contributed by atoms with Crippen molar-refractivity contribution >= 4 is 28.7 Å². The zero-order valence-corrected chi connectivity index (χ0v) is 17.9. The molecule has 3 rings (SSSR count). The molecule has 3 N–H and O–H groups in total. The Bertz CT molecular complexity index is 940. The molecule has 1 aromatic heterocycles. The third kappa shape index (κ3) is 6.62. The molecule has 2 amide bonds. The summed E-state index contributed by atoms with van der Waals surface area (Å²) in [5.41, 5.74) is 6.02. The Morgan fingerprint density at radius 3 is 2.47 bits per heavy atom. The summed E-state index contributed by atoms with van der Waals surface area (Å²) in [5, 5.41) is 12.6. The molecule has 1 atom stereocenters. The van der Waals surface area contributed by atoms with Crippen LogP contribution in [-0.4, -0.2) is 41.7 Å². The van der Waals surface area contributed by atoms with Gasteiger partial charge in [-0.3, -0.25) is 4.79 Å². The van der Waals surface area contributed by atoms with Gasteiger partial charge in [0.15, 0.2) is 0 Å². The molecule has 1 aromatic carbocycles. The van der Waals surface area contributed by atoms with Crippen LogP contribution >= 0.6 is 0 Å². The molecule has 1 unspecified atom stereocenters. The predicted octanol–water partition coefficient (Wildman–Crippen LogP) is 3.09. The van der Waals surface area contributed by atoms with E-state index in [2.05, 4.69) is 21.3 Å². The zero-order chi connectivity index (χ0) is 22.3. The van der Waals surface area contributed by atoms with Crippen molar-refractivity contribution < 1.29 is 14.3 Å². The number of para-hydroxylation sites is 1. The fraction of sp³-hybridized carbons (Fsp3) is 0.455. The maximum Gasteiger partial charge on any atom is 0.408 e. The summed E-state index contributed by atoms with van der Waals surface area (Å²) in [7, 11) is 0. The van der Waals surface area contributed by atoms with Gasteiger partial charge in [-0.15, -0.1) is 0 Å². The number of anilines is 1. The van der Waals surface area contributed by atoms with E-state index in [0.717, 1.165) is 29.8 Å². The van der Waals surface area contributed by atoms with Crippen LogP contribution in [0.15, 0.2) is 30.3 Å². The first-order valence-corrected chi connectivity index (χ1v) is 9.94. The number of alkyl carbamates (subject to hydrolysis) is 1. The number of pyridine rings is 1. The van der Waals surface area contributed by atoms with Crippen LogP contribution in [0.4, 0.5) is 10.6 Å². The average molecular weight is 412 g/mol. The van der Waals surface area contributed by atoms with Gasteiger partial charge < -0.3 is 20.7 Å². The van der Waals surface area contributed by atoms with E-state index in [0.29, 0.717) is 5.56 Å². The lowest BCUT2D eigenvalue weighted by Crippen LogP contribution is -2.44. The van der Waals surface area contributed by atoms with Crippen LogP contribution in [0.25, 0.3) is 10.9 Å². The SMILES string of the molecule is CC(NC(=O)OC(C)(C)C)C(N)=O.N#Cc1cc2ccccc2nc1N1CCCC1. The molecule has 1 saturated heterocycles. The normalized spacial score (nSPS) is 14.3. The van der Waals surface area contributed by atoms with Gasteiger partial charge in [0.05, 0.1) is 11.1 Å². The minimum Gasteiger partial charge on any atom is -0.444 e. The van der Waals surface area contributed by atoms with E-state index < -0.39 is 23.6 Å². The molecule has 0 saturated carbocycles. The molecule has 1 aliphatic rings. The number of benzene rings is 1. The molecule has 2 heterocycles. The highest BCUT2D eigenvalue weighted by Gasteiger charge is 2.19. The van der Waals surface area contributed by atoms with Crippen LogP contribution in [0.1, 0.15) is 46.1 Å². The minimum atomic E-state index is -0.713. The highest BCUT2D eigenvalue weighted by Crippen LogP contribution is 2.25. The minimum absolute atomic E-state index is 0.568. The highest BCUT2D eigenvalue weighted by atomic mass is 16.6. The zero-order valence-electron chi connectivity index (χ0n) is 17.9. The average Bonchev–Trinajstić information content (AvgIpc) is 3.20. The van der Waals surface area contributed by atoms with E-state index in [1.807, 2.05) is 30.3 Å². The van der Waals surface area contributed by atoms with Gasteiger partial charge in [-0.05, 0) is 52.7 Å². The van der Waals surface area contributed by atoms with Crippen molar-refractivity contribution in [2.75, 3.05) is 18.0 Å². The lowest BCUT2D eigenvalue weighted by atomic mass is 10.1. The maximum absolute atomic E-state index is 11.0. The number of fused-ring (bicyclic) bond motifs is 1. The number of nitrogens with two attached hydrogens (primary N) is 1. The van der Waals surface area contributed by atoms with Crippen LogP contribution in [0.2, 0.25) is 0 Å². The molecule has 1 aliphatic heterocycles. The monoisotopic (exact) mass is 411 g/mol. The van der Waals surface area contributed by atoms with Gasteiger partial charge in [-0.25, -0.2) is 9.78 Å². The molecule has 8 heteroatoms. The van der Waals surface area contributed by atoms with E-state index in [9.17, 15) is 14.9 Å². The van der Waals surface area contributed by atoms with Gasteiger partial charge in [0, 0.05) is 18.5 Å². The molecule has 160 valence electrons. The van der Waals surface area contributed by atoms with Gasteiger partial charge in [0.25, 0.3) is 0 Å². The van der Waals surface area contributed by atoms with Crippen molar-refractivity contribution in [3.05, 3.63) is 35.9 Å². The number of hydrogen-bond acceptors (Lipinski definition) is 6. The molecule has 0 radical (unpaired) electrons. The van der Waals surface area contributed by atoms with E-state index >= 15 is 0 Å². The summed E-state index contributed by atoms with van der Waals surface area (Å²) in [4.78, 5) is 28.4. The smallest absolute Gasteiger partial charge is 0.408 e. The molecule has 0 aliphatic carbocycles. The molecule has 30 heavy (non-hydrogen) atoms. The van der Waals surface area contributed by atoms with Crippen LogP contribution in [0.3, 0.4) is 0 Å². The fourth-order valence-electron chi connectivity index (χ4n) is 2.91. The predicted molar refractivity (Wildman–Crippen MR) is 116 cm³/mol. The summed E-state index contributed by atoms with van der Waals surface area (Å²) < 4.78 is 4.90. The fourth-order valence-corrected chi connectivity index (χ4v) is 2.91. The van der Waals surface area contributed by atoms with Gasteiger partial charge in [0.2, 0.25) is 5.91 Å². The number of amides is 2. The number of hydrogen-bond donors (Lipinski definition) is 2. The quantitative estimate of drug-likeness (QED) is 0.800. The number of aromatic nitrogens is 1. The summed E-state index contributed by atoms with van der Waals surface area (Å²) in [6.45, 7) is 8.73. The van der Waals surface area contributed by atoms with Crippen LogP contribution in [0, 0.1) is 11.3 Å². The van der Waals surface area contributed by atoms with Crippen molar-refractivity contribution in [3.8, 4) is 6.07 Å². The Hall–Kier alpha value is -3.34. The van der Waals surface area contributed by atoms with Gasteiger partial charge in [0.1, 0.15) is 23.5 Å². The number of nitrogens with one attached hydrogen (secondary N) is 1. The number of carbonyl (C=O) groups is 2. The highest BCUT2D eigenvalue weighted by molar-refractivity contribution is 5.84. The van der Waals surface area contributed by atoms with Crippen molar-refractivity contribution in [1.29, 1.82) is 5.26 Å². The first-order valence-electron chi connectivity index (χ1n) is 9.94. The summed E-state index contributed by atoms with van der Waals surface area (Å²) >= 11 is 0. The van der Waals surface area contributed by atoms with Crippen molar-refractivity contribution in [2.24, 2.45) is 5.73 Å².